The fourth-order valence-corrected chi connectivity index (χ4v) is 1.99. The Bertz CT molecular complexity index is 777. The van der Waals surface area contributed by atoms with Crippen molar-refractivity contribution in [3.05, 3.63) is 47.9 Å². The highest BCUT2D eigenvalue weighted by molar-refractivity contribution is 5.90. The van der Waals surface area contributed by atoms with Gasteiger partial charge in [0.15, 0.2) is 11.5 Å². The Morgan fingerprint density at radius 3 is 2.84 bits per heavy atom. The van der Waals surface area contributed by atoms with Gasteiger partial charge in [-0.25, -0.2) is 4.79 Å². The van der Waals surface area contributed by atoms with E-state index in [9.17, 15) is 4.79 Å². The Morgan fingerprint density at radius 1 is 1.26 bits per heavy atom. The van der Waals surface area contributed by atoms with Crippen LogP contribution in [-0.2, 0) is 0 Å². The quantitative estimate of drug-likeness (QED) is 0.760. The average molecular weight is 254 g/mol. The lowest BCUT2D eigenvalue weighted by Gasteiger charge is -2.02. The third-order valence-corrected chi connectivity index (χ3v) is 2.97. The molecular weight excluding hydrogens is 244 g/mol. The van der Waals surface area contributed by atoms with Crippen LogP contribution in [0.25, 0.3) is 22.1 Å². The number of aromatic carboxylic acids is 1. The topological polar surface area (TPSA) is 76.2 Å². The monoisotopic (exact) mass is 254 g/mol. The summed E-state index contributed by atoms with van der Waals surface area (Å²) in [6.07, 6.45) is 3.57. The van der Waals surface area contributed by atoms with Gasteiger partial charge in [-0.1, -0.05) is 17.3 Å². The lowest BCUT2D eigenvalue weighted by atomic mass is 10.0. The van der Waals surface area contributed by atoms with Gasteiger partial charge in [0.1, 0.15) is 0 Å². The number of rotatable bonds is 2. The number of hydrogen-bond donors (Lipinski definition) is 1. The molecule has 94 valence electrons. The van der Waals surface area contributed by atoms with Crippen molar-refractivity contribution in [1.29, 1.82) is 0 Å². The first-order valence-corrected chi connectivity index (χ1v) is 5.70. The summed E-state index contributed by atoms with van der Waals surface area (Å²) in [5.74, 6) is -0.672. The molecule has 0 atom stereocenters. The predicted octanol–water partition coefficient (Wildman–Crippen LogP) is 2.90. The van der Waals surface area contributed by atoms with Crippen LogP contribution in [0.4, 0.5) is 0 Å². The number of hydrogen-bond acceptors (Lipinski definition) is 4. The highest BCUT2D eigenvalue weighted by Crippen LogP contribution is 2.26. The van der Waals surface area contributed by atoms with Crippen molar-refractivity contribution in [1.82, 2.24) is 10.1 Å². The van der Waals surface area contributed by atoms with Gasteiger partial charge < -0.3 is 9.63 Å². The second-order valence-electron chi connectivity index (χ2n) is 4.27. The molecule has 0 bridgehead atoms. The van der Waals surface area contributed by atoms with Crippen molar-refractivity contribution in [3.63, 3.8) is 0 Å². The Hall–Kier alpha value is -2.69. The highest BCUT2D eigenvalue weighted by Gasteiger charge is 2.12. The SMILES string of the molecule is Cc1cncc2cc(-c3cc(C(=O)O)no3)ccc12. The van der Waals surface area contributed by atoms with Gasteiger partial charge in [-0.2, -0.15) is 0 Å². The van der Waals surface area contributed by atoms with Crippen LogP contribution in [0.3, 0.4) is 0 Å². The zero-order chi connectivity index (χ0) is 13.4. The van der Waals surface area contributed by atoms with Crippen LogP contribution in [0.15, 0.2) is 41.2 Å². The maximum atomic E-state index is 10.8. The first kappa shape index (κ1) is 11.4. The molecule has 0 unspecified atom stereocenters. The number of aromatic nitrogens is 2. The van der Waals surface area contributed by atoms with E-state index in [1.807, 2.05) is 25.1 Å². The van der Waals surface area contributed by atoms with E-state index in [0.29, 0.717) is 5.76 Å². The van der Waals surface area contributed by atoms with Crippen molar-refractivity contribution in [2.24, 2.45) is 0 Å². The standard InChI is InChI=1S/C14H10N2O3/c1-8-6-15-7-10-4-9(2-3-11(8)10)13-5-12(14(17)18)16-19-13/h2-7H,1H3,(H,17,18). The van der Waals surface area contributed by atoms with Crippen LogP contribution in [0.2, 0.25) is 0 Å². The summed E-state index contributed by atoms with van der Waals surface area (Å²) < 4.78 is 5.04. The molecule has 0 aliphatic carbocycles. The van der Waals surface area contributed by atoms with Gasteiger partial charge in [-0.3, -0.25) is 4.98 Å². The van der Waals surface area contributed by atoms with Gasteiger partial charge in [0, 0.05) is 29.4 Å². The van der Waals surface area contributed by atoms with E-state index in [2.05, 4.69) is 10.1 Å². The van der Waals surface area contributed by atoms with Crippen LogP contribution >= 0.6 is 0 Å². The summed E-state index contributed by atoms with van der Waals surface area (Å²) in [7, 11) is 0. The van der Waals surface area contributed by atoms with E-state index >= 15 is 0 Å². The molecular formula is C14H10N2O3. The lowest BCUT2D eigenvalue weighted by Crippen LogP contribution is -1.94. The van der Waals surface area contributed by atoms with Crippen LogP contribution < -0.4 is 0 Å². The van der Waals surface area contributed by atoms with E-state index in [1.165, 1.54) is 6.07 Å². The van der Waals surface area contributed by atoms with Gasteiger partial charge in [-0.05, 0) is 23.9 Å². The molecule has 1 N–H and O–H groups in total. The van der Waals surface area contributed by atoms with Crippen LogP contribution in [0.5, 0.6) is 0 Å². The number of benzene rings is 1. The summed E-state index contributed by atoms with van der Waals surface area (Å²) in [6, 6.07) is 7.15. The molecule has 0 saturated heterocycles. The van der Waals surface area contributed by atoms with Crippen LogP contribution in [0.1, 0.15) is 16.1 Å². The molecule has 0 radical (unpaired) electrons. The third-order valence-electron chi connectivity index (χ3n) is 2.97. The van der Waals surface area contributed by atoms with Gasteiger partial charge in [0.2, 0.25) is 0 Å². The van der Waals surface area contributed by atoms with E-state index in [4.69, 9.17) is 9.63 Å². The molecule has 1 aromatic carbocycles. The summed E-state index contributed by atoms with van der Waals surface area (Å²) in [5.41, 5.74) is 1.77. The molecule has 0 amide bonds. The van der Waals surface area contributed by atoms with E-state index in [0.717, 1.165) is 21.9 Å². The maximum Gasteiger partial charge on any atom is 0.358 e. The molecule has 0 aliphatic rings. The first-order valence-electron chi connectivity index (χ1n) is 5.70. The molecule has 5 heteroatoms. The molecule has 0 saturated carbocycles. The van der Waals surface area contributed by atoms with Crippen LogP contribution in [-0.4, -0.2) is 21.2 Å². The van der Waals surface area contributed by atoms with Crippen molar-refractivity contribution in [2.45, 2.75) is 6.92 Å². The number of carboxylic acid groups (broad SMARTS) is 1. The Morgan fingerprint density at radius 2 is 2.11 bits per heavy atom. The predicted molar refractivity (Wildman–Crippen MR) is 68.9 cm³/mol. The number of aryl methyl sites for hydroxylation is 1. The van der Waals surface area contributed by atoms with E-state index in [1.54, 1.807) is 12.4 Å². The number of carboxylic acids is 1. The van der Waals surface area contributed by atoms with Gasteiger partial charge in [-0.15, -0.1) is 0 Å². The molecule has 0 fully saturated rings. The Labute approximate surface area is 108 Å². The fraction of sp³-hybridized carbons (Fsp3) is 0.0714. The van der Waals surface area contributed by atoms with E-state index < -0.39 is 5.97 Å². The number of nitrogens with zero attached hydrogens (tertiary/aromatic N) is 2. The Balaban J connectivity index is 2.12. The third kappa shape index (κ3) is 1.95. The van der Waals surface area contributed by atoms with Gasteiger partial charge in [0.25, 0.3) is 0 Å². The van der Waals surface area contributed by atoms with Crippen molar-refractivity contribution >= 4 is 16.7 Å². The number of pyridine rings is 1. The molecule has 0 spiro atoms. The fourth-order valence-electron chi connectivity index (χ4n) is 1.99. The Kier molecular flexibility index (Phi) is 2.52. The zero-order valence-corrected chi connectivity index (χ0v) is 10.1. The summed E-state index contributed by atoms with van der Waals surface area (Å²) in [6.45, 7) is 1.99. The highest BCUT2D eigenvalue weighted by atomic mass is 16.5. The zero-order valence-electron chi connectivity index (χ0n) is 10.1. The van der Waals surface area contributed by atoms with Crippen molar-refractivity contribution in [2.75, 3.05) is 0 Å². The minimum absolute atomic E-state index is 0.0996. The lowest BCUT2D eigenvalue weighted by molar-refractivity contribution is 0.0686. The maximum absolute atomic E-state index is 10.8. The molecule has 19 heavy (non-hydrogen) atoms. The molecule has 5 nitrogen and oxygen atoms in total. The second kappa shape index (κ2) is 4.20. The summed E-state index contributed by atoms with van der Waals surface area (Å²) in [4.78, 5) is 14.9. The smallest absolute Gasteiger partial charge is 0.358 e. The van der Waals surface area contributed by atoms with Crippen molar-refractivity contribution < 1.29 is 14.4 Å². The van der Waals surface area contributed by atoms with Crippen molar-refractivity contribution in [3.8, 4) is 11.3 Å². The minimum atomic E-state index is -1.10. The molecule has 2 heterocycles. The summed E-state index contributed by atoms with van der Waals surface area (Å²) in [5, 5.41) is 14.4. The molecule has 3 aromatic rings. The number of carbonyl (C=O) groups is 1. The van der Waals surface area contributed by atoms with Crippen LogP contribution in [0, 0.1) is 6.92 Å². The largest absolute Gasteiger partial charge is 0.476 e. The summed E-state index contributed by atoms with van der Waals surface area (Å²) >= 11 is 0. The molecule has 2 aromatic heterocycles. The number of fused-ring (bicyclic) bond motifs is 1. The molecule has 3 rings (SSSR count). The molecule has 0 aliphatic heterocycles. The second-order valence-corrected chi connectivity index (χ2v) is 4.27. The van der Waals surface area contributed by atoms with Gasteiger partial charge in [0.05, 0.1) is 0 Å². The van der Waals surface area contributed by atoms with Gasteiger partial charge >= 0.3 is 5.97 Å². The minimum Gasteiger partial charge on any atom is -0.476 e. The average Bonchev–Trinajstić information content (AvgIpc) is 2.88. The normalized spacial score (nSPS) is 10.8. The first-order chi connectivity index (χ1) is 9.15. The van der Waals surface area contributed by atoms with E-state index in [-0.39, 0.29) is 5.69 Å².